The number of benzene rings is 1. The predicted octanol–water partition coefficient (Wildman–Crippen LogP) is 3.18. The second-order valence-electron chi connectivity index (χ2n) is 7.26. The largest absolute Gasteiger partial charge is 0.496 e. The van der Waals surface area contributed by atoms with E-state index in [1.807, 2.05) is 24.3 Å². The van der Waals surface area contributed by atoms with Crippen molar-refractivity contribution in [2.24, 2.45) is 0 Å². The number of methoxy groups -OCH3 is 1. The Morgan fingerprint density at radius 3 is 2.76 bits per heavy atom. The van der Waals surface area contributed by atoms with Crippen molar-refractivity contribution in [3.05, 3.63) is 65.7 Å². The lowest BCUT2D eigenvalue weighted by molar-refractivity contribution is -0.0303. The lowest BCUT2D eigenvalue weighted by Gasteiger charge is -2.40. The molecule has 0 radical (unpaired) electrons. The molecule has 1 aliphatic heterocycles. The van der Waals surface area contributed by atoms with Crippen LogP contribution in [-0.2, 0) is 5.60 Å². The van der Waals surface area contributed by atoms with Crippen LogP contribution in [0.3, 0.4) is 0 Å². The second kappa shape index (κ2) is 7.67. The molecule has 2 aromatic heterocycles. The minimum Gasteiger partial charge on any atom is -0.496 e. The molecule has 29 heavy (non-hydrogen) atoms. The maximum absolute atomic E-state index is 13.4. The number of carbonyl (C=O) groups excluding carboxylic acids is 1. The van der Waals surface area contributed by atoms with Crippen molar-refractivity contribution in [3.8, 4) is 17.0 Å². The van der Waals surface area contributed by atoms with Crippen molar-refractivity contribution in [3.63, 3.8) is 0 Å². The number of β-amino-alcohol motifs (C(OH)–C–C–N with tert-alkyl or cyclic N) is 1. The molecule has 7 nitrogen and oxygen atoms in total. The number of para-hydroxylation sites is 1. The zero-order valence-corrected chi connectivity index (χ0v) is 16.5. The molecule has 1 N–H and O–H groups in total. The SMILES string of the molecule is COc1ccccc1[C@]1(O)CCCN(C(=O)c2c(-c3ccncc3)noc2C)C1. The highest BCUT2D eigenvalue weighted by Crippen LogP contribution is 2.38. The minimum absolute atomic E-state index is 0.173. The van der Waals surface area contributed by atoms with Gasteiger partial charge in [0.1, 0.15) is 28.4 Å². The first-order valence-corrected chi connectivity index (χ1v) is 9.55. The third-order valence-electron chi connectivity index (χ3n) is 5.40. The third kappa shape index (κ3) is 3.49. The van der Waals surface area contributed by atoms with Crippen LogP contribution in [0.25, 0.3) is 11.3 Å². The number of aromatic nitrogens is 2. The Labute approximate surface area is 168 Å². The van der Waals surface area contributed by atoms with Crippen molar-refractivity contribution < 1.29 is 19.2 Å². The summed E-state index contributed by atoms with van der Waals surface area (Å²) in [6.45, 7) is 2.45. The summed E-state index contributed by atoms with van der Waals surface area (Å²) in [5.41, 5.74) is 1.18. The van der Waals surface area contributed by atoms with Crippen LogP contribution >= 0.6 is 0 Å². The Kier molecular flexibility index (Phi) is 5.07. The first-order chi connectivity index (χ1) is 14.0. The van der Waals surface area contributed by atoms with Crippen molar-refractivity contribution >= 4 is 5.91 Å². The van der Waals surface area contributed by atoms with Crippen molar-refractivity contribution in [1.29, 1.82) is 0 Å². The first kappa shape index (κ1) is 19.1. The molecule has 3 aromatic rings. The van der Waals surface area contributed by atoms with E-state index in [4.69, 9.17) is 9.26 Å². The Bertz CT molecular complexity index is 1020. The number of aliphatic hydroxyl groups is 1. The van der Waals surface area contributed by atoms with Gasteiger partial charge in [-0.1, -0.05) is 23.4 Å². The van der Waals surface area contributed by atoms with Gasteiger partial charge in [0.25, 0.3) is 5.91 Å². The van der Waals surface area contributed by atoms with Crippen LogP contribution in [0.2, 0.25) is 0 Å². The number of nitrogens with zero attached hydrogens (tertiary/aromatic N) is 3. The lowest BCUT2D eigenvalue weighted by atomic mass is 9.84. The molecule has 3 heterocycles. The highest BCUT2D eigenvalue weighted by Gasteiger charge is 2.40. The molecule has 0 bridgehead atoms. The van der Waals surface area contributed by atoms with E-state index in [2.05, 4.69) is 10.1 Å². The summed E-state index contributed by atoms with van der Waals surface area (Å²) in [6.07, 6.45) is 4.52. The molecule has 150 valence electrons. The third-order valence-corrected chi connectivity index (χ3v) is 5.40. The zero-order chi connectivity index (χ0) is 20.4. The number of pyridine rings is 1. The molecule has 0 spiro atoms. The van der Waals surface area contributed by atoms with E-state index in [9.17, 15) is 9.90 Å². The number of ether oxygens (including phenoxy) is 1. The van der Waals surface area contributed by atoms with Gasteiger partial charge in [-0.15, -0.1) is 0 Å². The molecular formula is C22H23N3O4. The van der Waals surface area contributed by atoms with Crippen LogP contribution in [0.15, 0.2) is 53.3 Å². The Balaban J connectivity index is 1.66. The molecular weight excluding hydrogens is 370 g/mol. The number of piperidine rings is 1. The molecule has 1 atom stereocenters. The standard InChI is InChI=1S/C22H23N3O4/c1-15-19(20(24-29-15)16-8-11-23-12-9-16)21(26)25-13-5-10-22(27,14-25)17-6-3-4-7-18(17)28-2/h3-4,6-9,11-12,27H,5,10,13-14H2,1-2H3/t22-/m0/s1. The van der Waals surface area contributed by atoms with E-state index in [0.717, 1.165) is 5.56 Å². The van der Waals surface area contributed by atoms with Gasteiger partial charge in [0.15, 0.2) is 0 Å². The lowest BCUT2D eigenvalue weighted by Crippen LogP contribution is -2.48. The minimum atomic E-state index is -1.18. The number of rotatable bonds is 4. The molecule has 1 saturated heterocycles. The van der Waals surface area contributed by atoms with Gasteiger partial charge in [-0.3, -0.25) is 9.78 Å². The average molecular weight is 393 g/mol. The van der Waals surface area contributed by atoms with E-state index >= 15 is 0 Å². The van der Waals surface area contributed by atoms with Crippen LogP contribution in [-0.4, -0.2) is 46.3 Å². The first-order valence-electron chi connectivity index (χ1n) is 9.55. The summed E-state index contributed by atoms with van der Waals surface area (Å²) in [5, 5.41) is 15.5. The highest BCUT2D eigenvalue weighted by atomic mass is 16.5. The summed E-state index contributed by atoms with van der Waals surface area (Å²) in [4.78, 5) is 19.1. The maximum atomic E-state index is 13.4. The van der Waals surface area contributed by atoms with Gasteiger partial charge in [-0.05, 0) is 38.0 Å². The van der Waals surface area contributed by atoms with E-state index in [1.165, 1.54) is 0 Å². The van der Waals surface area contributed by atoms with Gasteiger partial charge in [0.05, 0.1) is 13.7 Å². The van der Waals surface area contributed by atoms with Crippen LogP contribution in [0.5, 0.6) is 5.75 Å². The molecule has 0 aliphatic carbocycles. The van der Waals surface area contributed by atoms with Crippen LogP contribution in [0, 0.1) is 6.92 Å². The Hall–Kier alpha value is -3.19. The number of aryl methyl sites for hydroxylation is 1. The molecule has 1 amide bonds. The normalized spacial score (nSPS) is 19.2. The summed E-state index contributed by atoms with van der Waals surface area (Å²) in [5.74, 6) is 0.861. The fourth-order valence-corrected chi connectivity index (χ4v) is 3.95. The molecule has 7 heteroatoms. The quantitative estimate of drug-likeness (QED) is 0.732. The van der Waals surface area contributed by atoms with Gasteiger partial charge >= 0.3 is 0 Å². The number of likely N-dealkylation sites (tertiary alicyclic amines) is 1. The van der Waals surface area contributed by atoms with E-state index in [1.54, 1.807) is 43.5 Å². The molecule has 0 unspecified atom stereocenters. The van der Waals surface area contributed by atoms with Crippen molar-refractivity contribution in [2.45, 2.75) is 25.4 Å². The number of hydrogen-bond donors (Lipinski definition) is 1. The molecule has 1 aromatic carbocycles. The highest BCUT2D eigenvalue weighted by molar-refractivity contribution is 6.00. The Morgan fingerprint density at radius 1 is 1.24 bits per heavy atom. The van der Waals surface area contributed by atoms with Crippen molar-refractivity contribution in [1.82, 2.24) is 15.0 Å². The van der Waals surface area contributed by atoms with E-state index in [-0.39, 0.29) is 12.5 Å². The molecule has 1 fully saturated rings. The van der Waals surface area contributed by atoms with Crippen LogP contribution < -0.4 is 4.74 Å². The van der Waals surface area contributed by atoms with E-state index < -0.39 is 5.60 Å². The Morgan fingerprint density at radius 2 is 2.00 bits per heavy atom. The molecule has 0 saturated carbocycles. The predicted molar refractivity (Wildman–Crippen MR) is 106 cm³/mol. The molecule has 4 rings (SSSR count). The van der Waals surface area contributed by atoms with Gasteiger partial charge in [0, 0.05) is 30.1 Å². The molecule has 1 aliphatic rings. The number of amides is 1. The number of carbonyl (C=O) groups is 1. The van der Waals surface area contributed by atoms with Gasteiger partial charge < -0.3 is 19.3 Å². The second-order valence-corrected chi connectivity index (χ2v) is 7.26. The monoisotopic (exact) mass is 393 g/mol. The maximum Gasteiger partial charge on any atom is 0.259 e. The average Bonchev–Trinajstić information content (AvgIpc) is 3.15. The topological polar surface area (TPSA) is 88.7 Å². The van der Waals surface area contributed by atoms with E-state index in [0.29, 0.717) is 47.7 Å². The van der Waals surface area contributed by atoms with Gasteiger partial charge in [-0.25, -0.2) is 0 Å². The number of hydrogen-bond acceptors (Lipinski definition) is 6. The van der Waals surface area contributed by atoms with Crippen LogP contribution in [0.4, 0.5) is 0 Å². The van der Waals surface area contributed by atoms with Gasteiger partial charge in [0.2, 0.25) is 0 Å². The fourth-order valence-electron chi connectivity index (χ4n) is 3.95. The van der Waals surface area contributed by atoms with Crippen LogP contribution in [0.1, 0.15) is 34.5 Å². The zero-order valence-electron chi connectivity index (χ0n) is 16.5. The summed E-state index contributed by atoms with van der Waals surface area (Å²) in [7, 11) is 1.58. The fraction of sp³-hybridized carbons (Fsp3) is 0.318. The smallest absolute Gasteiger partial charge is 0.259 e. The summed E-state index contributed by atoms with van der Waals surface area (Å²) in [6, 6.07) is 11.0. The summed E-state index contributed by atoms with van der Waals surface area (Å²) < 4.78 is 10.8. The van der Waals surface area contributed by atoms with Gasteiger partial charge in [-0.2, -0.15) is 0 Å². The van der Waals surface area contributed by atoms with Crippen molar-refractivity contribution in [2.75, 3.05) is 20.2 Å². The summed E-state index contributed by atoms with van der Waals surface area (Å²) >= 11 is 0.